The number of nitrogens with one attached hydrogen (secondary N) is 1. The number of likely N-dealkylation sites (N-methyl/N-ethyl adjacent to an activating group) is 1. The molecule has 1 aromatic rings. The van der Waals surface area contributed by atoms with E-state index in [4.69, 9.17) is 11.1 Å². The van der Waals surface area contributed by atoms with Gasteiger partial charge in [0, 0.05) is 18.3 Å². The van der Waals surface area contributed by atoms with Crippen LogP contribution in [0.5, 0.6) is 0 Å². The lowest BCUT2D eigenvalue weighted by Crippen LogP contribution is -2.45. The van der Waals surface area contributed by atoms with E-state index < -0.39 is 0 Å². The Morgan fingerprint density at radius 3 is 2.53 bits per heavy atom. The van der Waals surface area contributed by atoms with Crippen LogP contribution >= 0.6 is 0 Å². The second kappa shape index (κ2) is 4.75. The maximum absolute atomic E-state index is 9.38. The predicted octanol–water partition coefficient (Wildman–Crippen LogP) is 1.49. The van der Waals surface area contributed by atoms with Crippen molar-refractivity contribution in [3.63, 3.8) is 0 Å². The minimum absolute atomic E-state index is 0.0364. The van der Waals surface area contributed by atoms with Crippen LogP contribution in [0.15, 0.2) is 18.2 Å². The highest BCUT2D eigenvalue weighted by Gasteiger charge is 2.25. The molecule has 0 amide bonds. The van der Waals surface area contributed by atoms with Crippen molar-refractivity contribution in [1.82, 2.24) is 0 Å². The molecule has 1 rings (SSSR count). The molecule has 17 heavy (non-hydrogen) atoms. The summed E-state index contributed by atoms with van der Waals surface area (Å²) in [6, 6.07) is 5.80. The molecule has 0 radical (unpaired) electrons. The third-order valence-electron chi connectivity index (χ3n) is 3.10. The zero-order chi connectivity index (χ0) is 13.2. The van der Waals surface area contributed by atoms with Crippen molar-refractivity contribution in [2.75, 3.05) is 18.6 Å². The summed E-state index contributed by atoms with van der Waals surface area (Å²) in [5.74, 6) is 0.0456. The average molecular weight is 235 g/mol. The van der Waals surface area contributed by atoms with Crippen LogP contribution in [0.3, 0.4) is 0 Å². The minimum Gasteiger partial charge on any atom is -0.394 e. The Kier molecular flexibility index (Phi) is 3.78. The minimum atomic E-state index is -0.389. The zero-order valence-electron chi connectivity index (χ0n) is 10.9. The molecule has 0 aromatic heterocycles. The van der Waals surface area contributed by atoms with Gasteiger partial charge in [-0.05, 0) is 32.9 Å². The SMILES string of the molecule is Cc1ccc(N(C)C(C)(C)CO)c(C(=N)N)c1. The second-order valence-electron chi connectivity index (χ2n) is 4.96. The van der Waals surface area contributed by atoms with Crippen molar-refractivity contribution < 1.29 is 5.11 Å². The molecule has 0 saturated heterocycles. The van der Waals surface area contributed by atoms with Crippen molar-refractivity contribution in [1.29, 1.82) is 5.41 Å². The smallest absolute Gasteiger partial charge is 0.124 e. The Morgan fingerprint density at radius 1 is 1.47 bits per heavy atom. The van der Waals surface area contributed by atoms with Gasteiger partial charge in [-0.1, -0.05) is 11.6 Å². The van der Waals surface area contributed by atoms with E-state index in [-0.39, 0.29) is 18.0 Å². The molecule has 0 saturated carbocycles. The number of hydrogen-bond donors (Lipinski definition) is 3. The molecule has 0 heterocycles. The summed E-state index contributed by atoms with van der Waals surface area (Å²) in [6.45, 7) is 5.88. The maximum atomic E-state index is 9.38. The number of hydrogen-bond acceptors (Lipinski definition) is 3. The Labute approximate surface area is 103 Å². The Bertz CT molecular complexity index is 427. The number of anilines is 1. The summed E-state index contributed by atoms with van der Waals surface area (Å²) < 4.78 is 0. The van der Waals surface area contributed by atoms with Gasteiger partial charge in [0.15, 0.2) is 0 Å². The van der Waals surface area contributed by atoms with Crippen LogP contribution in [-0.4, -0.2) is 30.1 Å². The summed E-state index contributed by atoms with van der Waals surface area (Å²) in [4.78, 5) is 1.95. The fourth-order valence-electron chi connectivity index (χ4n) is 1.59. The molecule has 0 unspecified atom stereocenters. The van der Waals surface area contributed by atoms with Crippen molar-refractivity contribution in [3.05, 3.63) is 29.3 Å². The van der Waals surface area contributed by atoms with Crippen molar-refractivity contribution in [2.24, 2.45) is 5.73 Å². The Hall–Kier alpha value is -1.55. The topological polar surface area (TPSA) is 73.3 Å². The van der Waals surface area contributed by atoms with Gasteiger partial charge in [-0.15, -0.1) is 0 Å². The second-order valence-corrected chi connectivity index (χ2v) is 4.96. The molecule has 4 heteroatoms. The monoisotopic (exact) mass is 235 g/mol. The number of amidine groups is 1. The molecule has 0 bridgehead atoms. The Morgan fingerprint density at radius 2 is 2.06 bits per heavy atom. The summed E-state index contributed by atoms with van der Waals surface area (Å²) >= 11 is 0. The van der Waals surface area contributed by atoms with E-state index in [1.807, 2.05) is 50.9 Å². The van der Waals surface area contributed by atoms with Gasteiger partial charge in [-0.2, -0.15) is 0 Å². The molecule has 0 atom stereocenters. The maximum Gasteiger partial charge on any atom is 0.124 e. The molecule has 0 aliphatic rings. The van der Waals surface area contributed by atoms with E-state index in [0.717, 1.165) is 11.3 Å². The van der Waals surface area contributed by atoms with Gasteiger partial charge in [0.2, 0.25) is 0 Å². The first kappa shape index (κ1) is 13.5. The molecule has 4 N–H and O–H groups in total. The summed E-state index contributed by atoms with van der Waals surface area (Å²) in [7, 11) is 1.90. The van der Waals surface area contributed by atoms with Gasteiger partial charge in [-0.25, -0.2) is 0 Å². The third-order valence-corrected chi connectivity index (χ3v) is 3.10. The number of nitrogens with two attached hydrogens (primary N) is 1. The molecular weight excluding hydrogens is 214 g/mol. The molecule has 4 nitrogen and oxygen atoms in total. The number of benzene rings is 1. The number of nitrogens with zero attached hydrogens (tertiary/aromatic N) is 1. The van der Waals surface area contributed by atoms with Crippen LogP contribution < -0.4 is 10.6 Å². The zero-order valence-corrected chi connectivity index (χ0v) is 10.9. The van der Waals surface area contributed by atoms with Crippen molar-refractivity contribution >= 4 is 11.5 Å². The molecule has 0 aliphatic carbocycles. The summed E-state index contributed by atoms with van der Waals surface area (Å²) in [5.41, 5.74) is 7.84. The van der Waals surface area contributed by atoms with Crippen LogP contribution in [0.25, 0.3) is 0 Å². The predicted molar refractivity (Wildman–Crippen MR) is 71.8 cm³/mol. The van der Waals surface area contributed by atoms with Crippen LogP contribution in [0.2, 0.25) is 0 Å². The Balaban J connectivity index is 3.26. The van der Waals surface area contributed by atoms with Crippen LogP contribution in [0, 0.1) is 12.3 Å². The van der Waals surface area contributed by atoms with E-state index >= 15 is 0 Å². The lowest BCUT2D eigenvalue weighted by atomic mass is 10.0. The van der Waals surface area contributed by atoms with Gasteiger partial charge in [-0.3, -0.25) is 5.41 Å². The van der Waals surface area contributed by atoms with Gasteiger partial charge >= 0.3 is 0 Å². The molecule has 0 aliphatic heterocycles. The summed E-state index contributed by atoms with van der Waals surface area (Å²) in [6.07, 6.45) is 0. The van der Waals surface area contributed by atoms with Crippen LogP contribution in [0.1, 0.15) is 25.0 Å². The fourth-order valence-corrected chi connectivity index (χ4v) is 1.59. The number of aliphatic hydroxyl groups excluding tert-OH is 1. The quantitative estimate of drug-likeness (QED) is 0.547. The molecule has 1 aromatic carbocycles. The number of aliphatic hydroxyl groups is 1. The molecule has 0 spiro atoms. The van der Waals surface area contributed by atoms with E-state index in [1.54, 1.807) is 0 Å². The first-order valence-corrected chi connectivity index (χ1v) is 5.59. The normalized spacial score (nSPS) is 11.4. The highest BCUT2D eigenvalue weighted by atomic mass is 16.3. The highest BCUT2D eigenvalue weighted by molar-refractivity contribution is 6.00. The highest BCUT2D eigenvalue weighted by Crippen LogP contribution is 2.26. The standard InChI is InChI=1S/C13H21N3O/c1-9-5-6-11(10(7-9)12(14)15)16(4)13(2,3)8-17/h5-7,17H,8H2,1-4H3,(H3,14,15). The van der Waals surface area contributed by atoms with E-state index in [1.165, 1.54) is 0 Å². The first-order valence-electron chi connectivity index (χ1n) is 5.59. The molecule has 0 fully saturated rings. The number of aryl methyl sites for hydroxylation is 1. The number of rotatable bonds is 4. The van der Waals surface area contributed by atoms with Gasteiger partial charge < -0.3 is 15.7 Å². The first-order chi connectivity index (χ1) is 7.79. The molecular formula is C13H21N3O. The van der Waals surface area contributed by atoms with Gasteiger partial charge in [0.05, 0.1) is 12.1 Å². The third kappa shape index (κ3) is 2.77. The fraction of sp³-hybridized carbons (Fsp3) is 0.462. The van der Waals surface area contributed by atoms with Gasteiger partial charge in [0.25, 0.3) is 0 Å². The largest absolute Gasteiger partial charge is 0.394 e. The van der Waals surface area contributed by atoms with E-state index in [9.17, 15) is 5.11 Å². The number of nitrogen functional groups attached to an aromatic ring is 1. The van der Waals surface area contributed by atoms with Crippen LogP contribution in [-0.2, 0) is 0 Å². The molecule has 94 valence electrons. The van der Waals surface area contributed by atoms with Crippen LogP contribution in [0.4, 0.5) is 5.69 Å². The van der Waals surface area contributed by atoms with Crippen molar-refractivity contribution in [2.45, 2.75) is 26.3 Å². The summed E-state index contributed by atoms with van der Waals surface area (Å²) in [5, 5.41) is 17.0. The lowest BCUT2D eigenvalue weighted by Gasteiger charge is -2.37. The van der Waals surface area contributed by atoms with E-state index in [2.05, 4.69) is 0 Å². The lowest BCUT2D eigenvalue weighted by molar-refractivity contribution is 0.216. The average Bonchev–Trinajstić information content (AvgIpc) is 2.28. The van der Waals surface area contributed by atoms with E-state index in [0.29, 0.717) is 5.56 Å². The van der Waals surface area contributed by atoms with Crippen molar-refractivity contribution in [3.8, 4) is 0 Å². The van der Waals surface area contributed by atoms with Gasteiger partial charge in [0.1, 0.15) is 5.84 Å².